The molecule has 1 aromatic heterocycles. The average Bonchev–Trinajstić information content (AvgIpc) is 3.09. The first-order chi connectivity index (χ1) is 15.0. The van der Waals surface area contributed by atoms with Crippen LogP contribution in [-0.2, 0) is 27.3 Å². The van der Waals surface area contributed by atoms with E-state index in [0.29, 0.717) is 22.0 Å². The Kier molecular flexibility index (Phi) is 7.30. The van der Waals surface area contributed by atoms with Gasteiger partial charge in [0.05, 0.1) is 44.6 Å². The highest BCUT2D eigenvalue weighted by Gasteiger charge is 2.14. The normalized spacial score (nSPS) is 11.4. The van der Waals surface area contributed by atoms with Crippen LogP contribution in [0.3, 0.4) is 0 Å². The third-order valence-corrected chi connectivity index (χ3v) is 5.55. The lowest BCUT2D eigenvalue weighted by Crippen LogP contribution is -2.23. The number of methoxy groups -OCH3 is 3. The Hall–Kier alpha value is -3.33. The van der Waals surface area contributed by atoms with Crippen LogP contribution in [0.4, 0.5) is 0 Å². The third-order valence-electron chi connectivity index (χ3n) is 4.51. The zero-order valence-electron chi connectivity index (χ0n) is 17.8. The molecule has 31 heavy (non-hydrogen) atoms. The van der Waals surface area contributed by atoms with Crippen molar-refractivity contribution in [3.05, 3.63) is 46.8 Å². The van der Waals surface area contributed by atoms with Crippen molar-refractivity contribution in [1.29, 1.82) is 0 Å². The van der Waals surface area contributed by atoms with Crippen LogP contribution in [0.25, 0.3) is 10.2 Å². The largest absolute Gasteiger partial charge is 0.497 e. The van der Waals surface area contributed by atoms with Crippen LogP contribution in [-0.4, -0.2) is 44.4 Å². The number of hydrogen-bond acceptors (Lipinski definition) is 7. The van der Waals surface area contributed by atoms with E-state index in [4.69, 9.17) is 18.9 Å². The first-order valence-corrected chi connectivity index (χ1v) is 10.4. The third kappa shape index (κ3) is 5.24. The SMILES string of the molecule is CCOC(=O)Cn1c(=NC(=O)Cc2ccc(OC)c(OC)c2)sc2cc(OC)ccc21. The Morgan fingerprint density at radius 3 is 2.45 bits per heavy atom. The van der Waals surface area contributed by atoms with Gasteiger partial charge in [-0.05, 0) is 42.8 Å². The van der Waals surface area contributed by atoms with Crippen LogP contribution in [0.2, 0.25) is 0 Å². The number of carbonyl (C=O) groups is 2. The molecular weight excluding hydrogens is 420 g/mol. The van der Waals surface area contributed by atoms with E-state index in [2.05, 4.69) is 4.99 Å². The molecule has 0 aliphatic carbocycles. The molecule has 0 spiro atoms. The lowest BCUT2D eigenvalue weighted by atomic mass is 10.1. The second-order valence-corrected chi connectivity index (χ2v) is 7.49. The standard InChI is InChI=1S/C22H24N2O6S/c1-5-30-21(26)13-24-16-8-7-15(27-2)12-19(16)31-22(24)23-20(25)11-14-6-9-17(28-3)18(10-14)29-4/h6-10,12H,5,11,13H2,1-4H3. The lowest BCUT2D eigenvalue weighted by molar-refractivity contribution is -0.143. The topological polar surface area (TPSA) is 88.4 Å². The molecule has 3 rings (SSSR count). The number of aromatic nitrogens is 1. The molecule has 164 valence electrons. The molecule has 0 aliphatic rings. The van der Waals surface area contributed by atoms with Crippen molar-refractivity contribution in [2.24, 2.45) is 4.99 Å². The predicted molar refractivity (Wildman–Crippen MR) is 117 cm³/mol. The molecular formula is C22H24N2O6S. The zero-order chi connectivity index (χ0) is 22.4. The Morgan fingerprint density at radius 1 is 1.00 bits per heavy atom. The number of nitrogens with zero attached hydrogens (tertiary/aromatic N) is 2. The average molecular weight is 445 g/mol. The summed E-state index contributed by atoms with van der Waals surface area (Å²) in [5.41, 5.74) is 1.52. The van der Waals surface area contributed by atoms with Crippen LogP contribution < -0.4 is 19.0 Å². The summed E-state index contributed by atoms with van der Waals surface area (Å²) in [6, 6.07) is 10.8. The van der Waals surface area contributed by atoms with Crippen LogP contribution >= 0.6 is 11.3 Å². The highest BCUT2D eigenvalue weighted by atomic mass is 32.1. The minimum Gasteiger partial charge on any atom is -0.497 e. The molecule has 0 N–H and O–H groups in total. The number of esters is 1. The van der Waals surface area contributed by atoms with Crippen molar-refractivity contribution in [3.63, 3.8) is 0 Å². The van der Waals surface area contributed by atoms with E-state index in [0.717, 1.165) is 15.8 Å². The van der Waals surface area contributed by atoms with Gasteiger partial charge in [0.25, 0.3) is 5.91 Å². The number of benzene rings is 2. The summed E-state index contributed by atoms with van der Waals surface area (Å²) in [6.07, 6.45) is 0.0807. The number of carbonyl (C=O) groups excluding carboxylic acids is 2. The molecule has 0 saturated carbocycles. The zero-order valence-corrected chi connectivity index (χ0v) is 18.7. The van der Waals surface area contributed by atoms with Gasteiger partial charge in [0.2, 0.25) is 0 Å². The van der Waals surface area contributed by atoms with Gasteiger partial charge in [-0.1, -0.05) is 17.4 Å². The number of amides is 1. The second kappa shape index (κ2) is 10.1. The van der Waals surface area contributed by atoms with E-state index in [-0.39, 0.29) is 25.5 Å². The first kappa shape index (κ1) is 22.4. The molecule has 0 saturated heterocycles. The van der Waals surface area contributed by atoms with E-state index in [1.54, 1.807) is 50.0 Å². The van der Waals surface area contributed by atoms with Gasteiger partial charge in [0, 0.05) is 0 Å². The minimum atomic E-state index is -0.396. The minimum absolute atomic E-state index is 0.0390. The van der Waals surface area contributed by atoms with Gasteiger partial charge in [-0.25, -0.2) is 0 Å². The van der Waals surface area contributed by atoms with Crippen LogP contribution in [0.5, 0.6) is 17.2 Å². The molecule has 0 radical (unpaired) electrons. The van der Waals surface area contributed by atoms with Gasteiger partial charge < -0.3 is 23.5 Å². The highest BCUT2D eigenvalue weighted by molar-refractivity contribution is 7.16. The fraction of sp³-hybridized carbons (Fsp3) is 0.318. The molecule has 1 amide bonds. The molecule has 1 heterocycles. The van der Waals surface area contributed by atoms with Crippen molar-refractivity contribution < 1.29 is 28.5 Å². The van der Waals surface area contributed by atoms with E-state index in [1.807, 2.05) is 12.1 Å². The second-order valence-electron chi connectivity index (χ2n) is 6.48. The van der Waals surface area contributed by atoms with E-state index in [9.17, 15) is 9.59 Å². The fourth-order valence-electron chi connectivity index (χ4n) is 3.07. The van der Waals surface area contributed by atoms with E-state index in [1.165, 1.54) is 18.4 Å². The van der Waals surface area contributed by atoms with E-state index >= 15 is 0 Å². The number of thiazole rings is 1. The molecule has 8 nitrogen and oxygen atoms in total. The summed E-state index contributed by atoms with van der Waals surface area (Å²) in [5.74, 6) is 1.07. The number of fused-ring (bicyclic) bond motifs is 1. The lowest BCUT2D eigenvalue weighted by Gasteiger charge is -2.08. The van der Waals surface area contributed by atoms with Gasteiger partial charge in [0.1, 0.15) is 12.3 Å². The Morgan fingerprint density at radius 2 is 1.77 bits per heavy atom. The summed E-state index contributed by atoms with van der Waals surface area (Å²) < 4.78 is 23.4. The van der Waals surface area contributed by atoms with Gasteiger partial charge in [-0.15, -0.1) is 0 Å². The van der Waals surface area contributed by atoms with Crippen LogP contribution in [0.15, 0.2) is 41.4 Å². The predicted octanol–water partition coefficient (Wildman–Crippen LogP) is 2.96. The summed E-state index contributed by atoms with van der Waals surface area (Å²) in [4.78, 5) is 29.5. The fourth-order valence-corrected chi connectivity index (χ4v) is 4.14. The number of hydrogen-bond donors (Lipinski definition) is 0. The smallest absolute Gasteiger partial charge is 0.326 e. The van der Waals surface area contributed by atoms with Gasteiger partial charge >= 0.3 is 5.97 Å². The maximum absolute atomic E-state index is 12.7. The molecule has 0 aliphatic heterocycles. The first-order valence-electron chi connectivity index (χ1n) is 9.60. The maximum Gasteiger partial charge on any atom is 0.326 e. The Bertz CT molecular complexity index is 1160. The van der Waals surface area contributed by atoms with Crippen molar-refractivity contribution >= 4 is 33.4 Å². The summed E-state index contributed by atoms with van der Waals surface area (Å²) in [6.45, 7) is 1.99. The summed E-state index contributed by atoms with van der Waals surface area (Å²) in [7, 11) is 4.67. The monoisotopic (exact) mass is 444 g/mol. The van der Waals surface area contributed by atoms with E-state index < -0.39 is 5.97 Å². The van der Waals surface area contributed by atoms with Crippen LogP contribution in [0.1, 0.15) is 12.5 Å². The van der Waals surface area contributed by atoms with Crippen molar-refractivity contribution in [2.45, 2.75) is 19.9 Å². The molecule has 0 unspecified atom stereocenters. The Labute approximate surface area is 183 Å². The van der Waals surface area contributed by atoms with Crippen LogP contribution in [0, 0.1) is 0 Å². The highest BCUT2D eigenvalue weighted by Crippen LogP contribution is 2.28. The van der Waals surface area contributed by atoms with Crippen molar-refractivity contribution in [3.8, 4) is 17.2 Å². The molecule has 0 atom stereocenters. The van der Waals surface area contributed by atoms with Gasteiger partial charge in [-0.2, -0.15) is 4.99 Å². The molecule has 0 bridgehead atoms. The molecule has 0 fully saturated rings. The summed E-state index contributed by atoms with van der Waals surface area (Å²) in [5, 5.41) is 0. The summed E-state index contributed by atoms with van der Waals surface area (Å²) >= 11 is 1.31. The number of ether oxygens (including phenoxy) is 4. The molecule has 2 aromatic carbocycles. The molecule has 9 heteroatoms. The van der Waals surface area contributed by atoms with Crippen molar-refractivity contribution in [2.75, 3.05) is 27.9 Å². The maximum atomic E-state index is 12.7. The van der Waals surface area contributed by atoms with Gasteiger partial charge in [-0.3, -0.25) is 9.59 Å². The molecule has 3 aromatic rings. The van der Waals surface area contributed by atoms with Gasteiger partial charge in [0.15, 0.2) is 16.3 Å². The number of rotatable bonds is 8. The quantitative estimate of drug-likeness (QED) is 0.497. The Balaban J connectivity index is 1.97. The van der Waals surface area contributed by atoms with Crippen molar-refractivity contribution in [1.82, 2.24) is 4.57 Å².